The Hall–Kier alpha value is -2.32. The van der Waals surface area contributed by atoms with Gasteiger partial charge in [-0.2, -0.15) is 11.8 Å². The lowest BCUT2D eigenvalue weighted by atomic mass is 10.2. The fourth-order valence-corrected chi connectivity index (χ4v) is 3.90. The molecule has 0 fully saturated rings. The number of hydrogen-bond donors (Lipinski definition) is 1. The van der Waals surface area contributed by atoms with Crippen LogP contribution in [0, 0.1) is 0 Å². The minimum atomic E-state index is -0.267. The van der Waals surface area contributed by atoms with Crippen LogP contribution in [0.1, 0.15) is 28.8 Å². The Bertz CT molecular complexity index is 1110. The number of rotatable bonds is 6. The highest BCUT2D eigenvalue weighted by atomic mass is 79.9. The topological polar surface area (TPSA) is 72.4 Å². The first kappa shape index (κ1) is 18.1. The lowest BCUT2D eigenvalue weighted by Gasteiger charge is -2.16. The van der Waals surface area contributed by atoms with E-state index < -0.39 is 0 Å². The van der Waals surface area contributed by atoms with Crippen molar-refractivity contribution in [1.82, 2.24) is 19.9 Å². The normalized spacial score (nSPS) is 12.5. The fourth-order valence-electron chi connectivity index (χ4n) is 2.97. The number of thioether (sulfide) groups is 1. The van der Waals surface area contributed by atoms with Crippen LogP contribution in [0.4, 0.5) is 0 Å². The monoisotopic (exact) mass is 444 g/mol. The summed E-state index contributed by atoms with van der Waals surface area (Å²) in [5.74, 6) is 1.61. The highest BCUT2D eigenvalue weighted by molar-refractivity contribution is 9.10. The van der Waals surface area contributed by atoms with Gasteiger partial charge in [0.25, 0.3) is 5.91 Å². The number of para-hydroxylation sites is 1. The quantitative estimate of drug-likeness (QED) is 0.475. The number of hydrogen-bond acceptors (Lipinski definition) is 5. The van der Waals surface area contributed by atoms with E-state index >= 15 is 0 Å². The largest absolute Gasteiger partial charge is 0.450 e. The molecule has 1 N–H and O–H groups in total. The second kappa shape index (κ2) is 7.74. The van der Waals surface area contributed by atoms with Crippen LogP contribution in [0.3, 0.4) is 0 Å². The molecule has 8 heteroatoms. The Morgan fingerprint density at radius 1 is 1.30 bits per heavy atom. The molecular weight excluding hydrogens is 428 g/mol. The van der Waals surface area contributed by atoms with E-state index in [0.29, 0.717) is 11.4 Å². The third-order valence-electron chi connectivity index (χ3n) is 4.29. The Balaban J connectivity index is 1.64. The number of carbonyl (C=O) groups is 1. The molecule has 0 saturated heterocycles. The number of amides is 1. The Morgan fingerprint density at radius 2 is 2.19 bits per heavy atom. The van der Waals surface area contributed by atoms with Crippen molar-refractivity contribution in [2.75, 3.05) is 12.0 Å². The second-order valence-electron chi connectivity index (χ2n) is 6.06. The number of carbonyl (C=O) groups excluding carboxylic acids is 1. The smallest absolute Gasteiger partial charge is 0.287 e. The van der Waals surface area contributed by atoms with E-state index in [1.165, 1.54) is 0 Å². The van der Waals surface area contributed by atoms with Gasteiger partial charge < -0.3 is 9.73 Å². The van der Waals surface area contributed by atoms with E-state index in [2.05, 4.69) is 31.4 Å². The Morgan fingerprint density at radius 3 is 3.00 bits per heavy atom. The molecule has 0 saturated carbocycles. The predicted octanol–water partition coefficient (Wildman–Crippen LogP) is 4.46. The molecule has 4 aromatic rings. The van der Waals surface area contributed by atoms with E-state index in [4.69, 9.17) is 4.42 Å². The molecule has 0 aliphatic carbocycles. The van der Waals surface area contributed by atoms with Crippen LogP contribution in [-0.2, 0) is 0 Å². The molecule has 0 aliphatic heterocycles. The number of furan rings is 1. The van der Waals surface area contributed by atoms with Gasteiger partial charge in [-0.1, -0.05) is 18.2 Å². The van der Waals surface area contributed by atoms with Crippen LogP contribution in [0.5, 0.6) is 0 Å². The maximum Gasteiger partial charge on any atom is 0.287 e. The van der Waals surface area contributed by atoms with Gasteiger partial charge >= 0.3 is 0 Å². The number of nitrogens with zero attached hydrogens (tertiary/aromatic N) is 3. The third-order valence-corrected chi connectivity index (χ3v) is 5.56. The van der Waals surface area contributed by atoms with Crippen molar-refractivity contribution in [3.63, 3.8) is 0 Å². The van der Waals surface area contributed by atoms with Crippen LogP contribution >= 0.6 is 27.7 Å². The highest BCUT2D eigenvalue weighted by Crippen LogP contribution is 2.27. The van der Waals surface area contributed by atoms with Gasteiger partial charge in [0.2, 0.25) is 0 Å². The van der Waals surface area contributed by atoms with Gasteiger partial charge in [0.15, 0.2) is 17.2 Å². The summed E-state index contributed by atoms with van der Waals surface area (Å²) in [6, 6.07) is 12.9. The molecule has 0 bridgehead atoms. The minimum Gasteiger partial charge on any atom is -0.450 e. The summed E-state index contributed by atoms with van der Waals surface area (Å²) in [6.45, 7) is 0. The fraction of sp³-hybridized carbons (Fsp3) is 0.211. The van der Waals surface area contributed by atoms with Crippen LogP contribution in [0.15, 0.2) is 57.6 Å². The predicted molar refractivity (Wildman–Crippen MR) is 110 cm³/mol. The van der Waals surface area contributed by atoms with Crippen molar-refractivity contribution in [3.8, 4) is 0 Å². The van der Waals surface area contributed by atoms with E-state index in [1.807, 2.05) is 53.3 Å². The average molecular weight is 445 g/mol. The summed E-state index contributed by atoms with van der Waals surface area (Å²) in [5, 5.41) is 12.4. The van der Waals surface area contributed by atoms with Gasteiger partial charge in [-0.25, -0.2) is 0 Å². The average Bonchev–Trinajstić information content (AvgIpc) is 3.30. The van der Waals surface area contributed by atoms with E-state index in [0.717, 1.165) is 27.7 Å². The molecule has 0 spiro atoms. The minimum absolute atomic E-state index is 0.265. The first-order chi connectivity index (χ1) is 13.2. The molecule has 1 atom stereocenters. The van der Waals surface area contributed by atoms with Crippen LogP contribution in [0.25, 0.3) is 16.6 Å². The molecule has 3 aromatic heterocycles. The second-order valence-corrected chi connectivity index (χ2v) is 7.90. The summed E-state index contributed by atoms with van der Waals surface area (Å²) in [5.41, 5.74) is 1.42. The summed E-state index contributed by atoms with van der Waals surface area (Å²) >= 11 is 5.18. The Kier molecular flexibility index (Phi) is 5.18. The summed E-state index contributed by atoms with van der Waals surface area (Å²) < 4.78 is 8.49. The van der Waals surface area contributed by atoms with E-state index in [9.17, 15) is 4.79 Å². The molecule has 6 nitrogen and oxygen atoms in total. The van der Waals surface area contributed by atoms with Crippen LogP contribution in [0.2, 0.25) is 0 Å². The van der Waals surface area contributed by atoms with Crippen molar-refractivity contribution < 1.29 is 9.21 Å². The molecule has 4 rings (SSSR count). The van der Waals surface area contributed by atoms with Gasteiger partial charge in [0.05, 0.1) is 10.5 Å². The van der Waals surface area contributed by atoms with E-state index in [-0.39, 0.29) is 17.7 Å². The number of nitrogens with one attached hydrogen (secondary N) is 1. The van der Waals surface area contributed by atoms with Crippen LogP contribution < -0.4 is 5.32 Å². The number of benzene rings is 1. The van der Waals surface area contributed by atoms with Crippen molar-refractivity contribution >= 4 is 50.2 Å². The summed E-state index contributed by atoms with van der Waals surface area (Å²) in [7, 11) is 0. The lowest BCUT2D eigenvalue weighted by molar-refractivity contribution is 0.0908. The molecule has 1 amide bonds. The molecule has 138 valence electrons. The van der Waals surface area contributed by atoms with Gasteiger partial charge in [-0.3, -0.25) is 9.20 Å². The SMILES string of the molecule is CSCCC(NC(=O)c1cc2cccc(Br)c2o1)c1nnc2ccccn12. The molecule has 1 unspecified atom stereocenters. The van der Waals surface area contributed by atoms with Gasteiger partial charge in [0.1, 0.15) is 5.58 Å². The van der Waals surface area contributed by atoms with Crippen molar-refractivity contribution in [2.24, 2.45) is 0 Å². The zero-order chi connectivity index (χ0) is 18.8. The molecule has 0 aliphatic rings. The zero-order valence-corrected chi connectivity index (χ0v) is 17.0. The van der Waals surface area contributed by atoms with Gasteiger partial charge in [-0.15, -0.1) is 10.2 Å². The standard InChI is InChI=1S/C19H17BrN4O2S/c1-27-10-8-14(18-23-22-16-7-2-3-9-24(16)18)21-19(25)15-11-12-5-4-6-13(20)17(12)26-15/h2-7,9,11,14H,8,10H2,1H3,(H,21,25). The first-order valence-corrected chi connectivity index (χ1v) is 10.6. The molecule has 1 aromatic carbocycles. The summed E-state index contributed by atoms with van der Waals surface area (Å²) in [6.07, 6.45) is 4.69. The number of aromatic nitrogens is 3. The van der Waals surface area contributed by atoms with Crippen molar-refractivity contribution in [3.05, 3.63) is 64.7 Å². The zero-order valence-electron chi connectivity index (χ0n) is 14.6. The third kappa shape index (κ3) is 3.59. The lowest BCUT2D eigenvalue weighted by Crippen LogP contribution is -2.30. The van der Waals surface area contributed by atoms with Crippen molar-refractivity contribution in [2.45, 2.75) is 12.5 Å². The first-order valence-electron chi connectivity index (χ1n) is 8.45. The molecule has 27 heavy (non-hydrogen) atoms. The van der Waals surface area contributed by atoms with Gasteiger partial charge in [0, 0.05) is 11.6 Å². The number of halogens is 1. The van der Waals surface area contributed by atoms with E-state index in [1.54, 1.807) is 17.8 Å². The molecule has 3 heterocycles. The maximum absolute atomic E-state index is 12.8. The molecular formula is C19H17BrN4O2S. The highest BCUT2D eigenvalue weighted by Gasteiger charge is 2.23. The maximum atomic E-state index is 12.8. The molecule has 0 radical (unpaired) electrons. The number of pyridine rings is 1. The number of fused-ring (bicyclic) bond motifs is 2. The van der Waals surface area contributed by atoms with Gasteiger partial charge in [-0.05, 0) is 58.6 Å². The van der Waals surface area contributed by atoms with Crippen molar-refractivity contribution in [1.29, 1.82) is 0 Å². The summed E-state index contributed by atoms with van der Waals surface area (Å²) in [4.78, 5) is 12.8. The Labute approximate surface area is 168 Å². The van der Waals surface area contributed by atoms with Crippen LogP contribution in [-0.4, -0.2) is 32.5 Å².